The zero-order chi connectivity index (χ0) is 11.0. The van der Waals surface area contributed by atoms with Crippen LogP contribution in [0.15, 0.2) is 47.8 Å². The molecule has 1 heterocycles. The Kier molecular flexibility index (Phi) is 2.22. The van der Waals surface area contributed by atoms with Crippen LogP contribution in [0, 0.1) is 6.92 Å². The van der Waals surface area contributed by atoms with Crippen LogP contribution in [-0.4, -0.2) is 4.98 Å². The molecule has 0 aliphatic carbocycles. The minimum absolute atomic E-state index is 1.08. The quantitative estimate of drug-likeness (QED) is 0.602. The average Bonchev–Trinajstić information content (AvgIpc) is 2.75. The summed E-state index contributed by atoms with van der Waals surface area (Å²) in [6, 6.07) is 14.9. The van der Waals surface area contributed by atoms with Crippen LogP contribution in [0.25, 0.3) is 22.0 Å². The van der Waals surface area contributed by atoms with E-state index in [1.807, 2.05) is 6.92 Å². The van der Waals surface area contributed by atoms with Gasteiger partial charge in [0.05, 0.1) is 10.7 Å². The predicted octanol–water partition coefficient (Wildman–Crippen LogP) is 4.27. The van der Waals surface area contributed by atoms with E-state index >= 15 is 0 Å². The van der Waals surface area contributed by atoms with Crippen LogP contribution in [0.2, 0.25) is 0 Å². The van der Waals surface area contributed by atoms with Crippen LogP contribution in [0.1, 0.15) is 5.01 Å². The molecule has 1 nitrogen and oxygen atoms in total. The summed E-state index contributed by atoms with van der Waals surface area (Å²) < 4.78 is 0. The van der Waals surface area contributed by atoms with Gasteiger partial charge in [-0.2, -0.15) is 0 Å². The third-order valence-corrected chi connectivity index (χ3v) is 3.44. The molecule has 0 bridgehead atoms. The van der Waals surface area contributed by atoms with Gasteiger partial charge in [-0.1, -0.05) is 36.4 Å². The van der Waals surface area contributed by atoms with E-state index in [0.29, 0.717) is 0 Å². The number of rotatable bonds is 1. The molecule has 0 aliphatic rings. The summed E-state index contributed by atoms with van der Waals surface area (Å²) in [4.78, 5) is 4.51. The molecule has 0 unspecified atom stereocenters. The van der Waals surface area contributed by atoms with Gasteiger partial charge < -0.3 is 0 Å². The Hall–Kier alpha value is -1.67. The maximum Gasteiger partial charge on any atom is 0.0901 e. The molecule has 0 amide bonds. The first kappa shape index (κ1) is 9.55. The van der Waals surface area contributed by atoms with Gasteiger partial charge in [0, 0.05) is 10.9 Å². The van der Waals surface area contributed by atoms with Crippen molar-refractivity contribution in [3.8, 4) is 11.3 Å². The monoisotopic (exact) mass is 225 g/mol. The number of benzene rings is 2. The summed E-state index contributed by atoms with van der Waals surface area (Å²) >= 11 is 1.69. The Balaban J connectivity index is 2.18. The maximum absolute atomic E-state index is 4.51. The molecule has 0 radical (unpaired) electrons. The largest absolute Gasteiger partial charge is 0.242 e. The standard InChI is InChI=1S/C14H11NS/c1-10-15-14(9-16-10)13-7-6-11-4-2-3-5-12(11)8-13/h2-9H,1H3. The summed E-state index contributed by atoms with van der Waals surface area (Å²) in [6.45, 7) is 2.04. The van der Waals surface area contributed by atoms with E-state index in [1.165, 1.54) is 16.3 Å². The summed E-state index contributed by atoms with van der Waals surface area (Å²) in [6.07, 6.45) is 0. The van der Waals surface area contributed by atoms with Crippen LogP contribution in [0.5, 0.6) is 0 Å². The van der Waals surface area contributed by atoms with Crippen LogP contribution in [0.3, 0.4) is 0 Å². The molecule has 0 fully saturated rings. The molecule has 0 saturated heterocycles. The van der Waals surface area contributed by atoms with Gasteiger partial charge in [-0.25, -0.2) is 4.98 Å². The van der Waals surface area contributed by atoms with Crippen molar-refractivity contribution in [1.29, 1.82) is 0 Å². The Bertz CT molecular complexity index is 640. The number of fused-ring (bicyclic) bond motifs is 1. The second-order valence-electron chi connectivity index (χ2n) is 3.81. The summed E-state index contributed by atoms with van der Waals surface area (Å²) in [5, 5.41) is 5.77. The number of nitrogens with zero attached hydrogens (tertiary/aromatic N) is 1. The highest BCUT2D eigenvalue weighted by molar-refractivity contribution is 7.09. The minimum Gasteiger partial charge on any atom is -0.242 e. The number of hydrogen-bond acceptors (Lipinski definition) is 2. The van der Waals surface area contributed by atoms with E-state index in [0.717, 1.165) is 10.7 Å². The highest BCUT2D eigenvalue weighted by Gasteiger charge is 2.02. The Morgan fingerprint density at radius 2 is 1.81 bits per heavy atom. The van der Waals surface area contributed by atoms with Crippen molar-refractivity contribution >= 4 is 22.1 Å². The maximum atomic E-state index is 4.51. The Morgan fingerprint density at radius 1 is 1.00 bits per heavy atom. The number of aromatic nitrogens is 1. The molecule has 3 aromatic rings. The van der Waals surface area contributed by atoms with Crippen molar-refractivity contribution in [2.75, 3.05) is 0 Å². The van der Waals surface area contributed by atoms with Crippen molar-refractivity contribution in [2.45, 2.75) is 6.92 Å². The van der Waals surface area contributed by atoms with Crippen LogP contribution < -0.4 is 0 Å². The summed E-state index contributed by atoms with van der Waals surface area (Å²) in [5.41, 5.74) is 2.27. The number of hydrogen-bond donors (Lipinski definition) is 0. The van der Waals surface area contributed by atoms with E-state index < -0.39 is 0 Å². The van der Waals surface area contributed by atoms with Gasteiger partial charge in [0.1, 0.15) is 0 Å². The lowest BCUT2D eigenvalue weighted by Crippen LogP contribution is -1.79. The van der Waals surface area contributed by atoms with E-state index in [4.69, 9.17) is 0 Å². The lowest BCUT2D eigenvalue weighted by atomic mass is 10.1. The summed E-state index contributed by atoms with van der Waals surface area (Å²) in [7, 11) is 0. The molecule has 0 aliphatic heterocycles. The fourth-order valence-corrected chi connectivity index (χ4v) is 2.47. The number of thiazole rings is 1. The van der Waals surface area contributed by atoms with Crippen LogP contribution in [-0.2, 0) is 0 Å². The first-order valence-corrected chi connectivity index (χ1v) is 6.12. The molecule has 1 aromatic heterocycles. The van der Waals surface area contributed by atoms with Gasteiger partial charge in [-0.05, 0) is 23.8 Å². The lowest BCUT2D eigenvalue weighted by Gasteiger charge is -2.00. The van der Waals surface area contributed by atoms with Gasteiger partial charge in [0.2, 0.25) is 0 Å². The van der Waals surface area contributed by atoms with Gasteiger partial charge in [0.25, 0.3) is 0 Å². The van der Waals surface area contributed by atoms with Gasteiger partial charge in [-0.15, -0.1) is 11.3 Å². The van der Waals surface area contributed by atoms with Crippen LogP contribution in [0.4, 0.5) is 0 Å². The molecule has 0 saturated carbocycles. The molecule has 0 spiro atoms. The van der Waals surface area contributed by atoms with E-state index in [2.05, 4.69) is 52.8 Å². The Labute approximate surface area is 98.4 Å². The zero-order valence-corrected chi connectivity index (χ0v) is 9.79. The van der Waals surface area contributed by atoms with Crippen molar-refractivity contribution in [3.63, 3.8) is 0 Å². The molecular formula is C14H11NS. The molecule has 2 aromatic carbocycles. The molecule has 0 atom stereocenters. The normalized spacial score (nSPS) is 10.8. The van der Waals surface area contributed by atoms with E-state index in [-0.39, 0.29) is 0 Å². The fraction of sp³-hybridized carbons (Fsp3) is 0.0714. The van der Waals surface area contributed by atoms with E-state index in [1.54, 1.807) is 11.3 Å². The summed E-state index contributed by atoms with van der Waals surface area (Å²) in [5.74, 6) is 0. The van der Waals surface area contributed by atoms with E-state index in [9.17, 15) is 0 Å². The van der Waals surface area contributed by atoms with Gasteiger partial charge in [-0.3, -0.25) is 0 Å². The van der Waals surface area contributed by atoms with Crippen molar-refractivity contribution in [3.05, 3.63) is 52.9 Å². The highest BCUT2D eigenvalue weighted by atomic mass is 32.1. The fourth-order valence-electron chi connectivity index (χ4n) is 1.84. The predicted molar refractivity (Wildman–Crippen MR) is 69.8 cm³/mol. The topological polar surface area (TPSA) is 12.9 Å². The van der Waals surface area contributed by atoms with Crippen molar-refractivity contribution < 1.29 is 0 Å². The third-order valence-electron chi connectivity index (χ3n) is 2.66. The number of aryl methyl sites for hydroxylation is 1. The second kappa shape index (κ2) is 3.72. The minimum atomic E-state index is 1.08. The Morgan fingerprint density at radius 3 is 2.56 bits per heavy atom. The first-order valence-electron chi connectivity index (χ1n) is 5.24. The molecule has 0 N–H and O–H groups in total. The van der Waals surface area contributed by atoms with Crippen LogP contribution >= 0.6 is 11.3 Å². The highest BCUT2D eigenvalue weighted by Crippen LogP contribution is 2.25. The second-order valence-corrected chi connectivity index (χ2v) is 4.88. The average molecular weight is 225 g/mol. The van der Waals surface area contributed by atoms with Gasteiger partial charge >= 0.3 is 0 Å². The third kappa shape index (κ3) is 1.61. The van der Waals surface area contributed by atoms with Gasteiger partial charge in [0.15, 0.2) is 0 Å². The molecule has 2 heteroatoms. The first-order chi connectivity index (χ1) is 7.83. The lowest BCUT2D eigenvalue weighted by molar-refractivity contribution is 1.30. The van der Waals surface area contributed by atoms with Crippen molar-refractivity contribution in [1.82, 2.24) is 4.98 Å². The zero-order valence-electron chi connectivity index (χ0n) is 8.97. The molecule has 78 valence electrons. The van der Waals surface area contributed by atoms with Crippen molar-refractivity contribution in [2.24, 2.45) is 0 Å². The molecule has 3 rings (SSSR count). The smallest absolute Gasteiger partial charge is 0.0901 e. The SMILES string of the molecule is Cc1nc(-c2ccc3ccccc3c2)cs1. The molecule has 16 heavy (non-hydrogen) atoms. The molecular weight excluding hydrogens is 214 g/mol.